The number of thiazole rings is 1. The van der Waals surface area contributed by atoms with Crippen molar-refractivity contribution in [1.82, 2.24) is 9.55 Å². The third-order valence-electron chi connectivity index (χ3n) is 5.24. The summed E-state index contributed by atoms with van der Waals surface area (Å²) in [7, 11) is 1.66. The molecule has 1 amide bonds. The molecular weight excluding hydrogens is 406 g/mol. The fourth-order valence-corrected chi connectivity index (χ4v) is 4.49. The van der Waals surface area contributed by atoms with Gasteiger partial charge in [-0.15, -0.1) is 11.3 Å². The van der Waals surface area contributed by atoms with Crippen molar-refractivity contribution < 1.29 is 9.53 Å². The van der Waals surface area contributed by atoms with Crippen LogP contribution in [-0.2, 0) is 23.2 Å². The zero-order valence-corrected chi connectivity index (χ0v) is 19.1. The molecule has 4 aromatic rings. The predicted octanol–water partition coefficient (Wildman–Crippen LogP) is 5.63. The molecule has 0 spiro atoms. The molecule has 31 heavy (non-hydrogen) atoms. The van der Waals surface area contributed by atoms with E-state index in [1.807, 2.05) is 35.7 Å². The van der Waals surface area contributed by atoms with Gasteiger partial charge >= 0.3 is 0 Å². The summed E-state index contributed by atoms with van der Waals surface area (Å²) in [5.74, 6) is 0.706. The first kappa shape index (κ1) is 21.1. The predicted molar refractivity (Wildman–Crippen MR) is 127 cm³/mol. The van der Waals surface area contributed by atoms with Crippen molar-refractivity contribution in [2.75, 3.05) is 12.4 Å². The van der Waals surface area contributed by atoms with E-state index in [-0.39, 0.29) is 17.7 Å². The van der Waals surface area contributed by atoms with Crippen LogP contribution in [0.25, 0.3) is 10.9 Å². The summed E-state index contributed by atoms with van der Waals surface area (Å²) in [6.07, 6.45) is 2.34. The Kier molecular flexibility index (Phi) is 5.83. The minimum atomic E-state index is -0.0728. The lowest BCUT2D eigenvalue weighted by Gasteiger charge is -2.14. The molecule has 0 saturated heterocycles. The van der Waals surface area contributed by atoms with Crippen LogP contribution in [-0.4, -0.2) is 22.6 Å². The molecule has 0 fully saturated rings. The first-order chi connectivity index (χ1) is 14.8. The third kappa shape index (κ3) is 4.80. The molecule has 2 aromatic carbocycles. The molecular formula is C25H27N3O2S. The molecule has 160 valence electrons. The van der Waals surface area contributed by atoms with Crippen molar-refractivity contribution in [2.24, 2.45) is 0 Å². The van der Waals surface area contributed by atoms with Crippen molar-refractivity contribution in [3.63, 3.8) is 0 Å². The molecule has 0 aliphatic rings. The van der Waals surface area contributed by atoms with Crippen LogP contribution in [0.3, 0.4) is 0 Å². The van der Waals surface area contributed by atoms with Gasteiger partial charge in [0.1, 0.15) is 5.75 Å². The topological polar surface area (TPSA) is 56.1 Å². The molecule has 6 heteroatoms. The van der Waals surface area contributed by atoms with Crippen molar-refractivity contribution in [3.8, 4) is 5.75 Å². The molecule has 5 nitrogen and oxygen atoms in total. The van der Waals surface area contributed by atoms with E-state index >= 15 is 0 Å². The number of nitrogens with one attached hydrogen (secondary N) is 1. The highest BCUT2D eigenvalue weighted by atomic mass is 32.1. The molecule has 0 radical (unpaired) electrons. The smallest absolute Gasteiger partial charge is 0.230 e. The molecule has 4 rings (SSSR count). The Morgan fingerprint density at radius 2 is 1.94 bits per heavy atom. The maximum atomic E-state index is 12.8. The Morgan fingerprint density at radius 1 is 1.16 bits per heavy atom. The van der Waals surface area contributed by atoms with Gasteiger partial charge < -0.3 is 14.6 Å². The van der Waals surface area contributed by atoms with Gasteiger partial charge in [-0.25, -0.2) is 4.98 Å². The normalized spacial score (nSPS) is 11.6. The van der Waals surface area contributed by atoms with Crippen LogP contribution < -0.4 is 10.1 Å². The second-order valence-electron chi connectivity index (χ2n) is 8.66. The number of hydrogen-bond acceptors (Lipinski definition) is 4. The Labute approximate surface area is 186 Å². The van der Waals surface area contributed by atoms with E-state index in [9.17, 15) is 4.79 Å². The van der Waals surface area contributed by atoms with Gasteiger partial charge in [0.25, 0.3) is 0 Å². The first-order valence-electron chi connectivity index (χ1n) is 10.3. The van der Waals surface area contributed by atoms with Gasteiger partial charge in [-0.05, 0) is 29.3 Å². The minimum absolute atomic E-state index is 0.0408. The average molecular weight is 434 g/mol. The highest BCUT2D eigenvalue weighted by Gasteiger charge is 2.19. The van der Waals surface area contributed by atoms with Crippen molar-refractivity contribution >= 4 is 33.3 Å². The zero-order chi connectivity index (χ0) is 22.0. The van der Waals surface area contributed by atoms with Crippen LogP contribution in [0.4, 0.5) is 5.13 Å². The van der Waals surface area contributed by atoms with Crippen LogP contribution in [0.2, 0.25) is 0 Å². The van der Waals surface area contributed by atoms with E-state index in [0.717, 1.165) is 34.5 Å². The second kappa shape index (κ2) is 8.55. The summed E-state index contributed by atoms with van der Waals surface area (Å²) in [5.41, 5.74) is 4.20. The number of methoxy groups -OCH3 is 1. The van der Waals surface area contributed by atoms with Gasteiger partial charge in [-0.2, -0.15) is 0 Å². The number of nitrogens with zero attached hydrogens (tertiary/aromatic N) is 2. The van der Waals surface area contributed by atoms with E-state index in [1.165, 1.54) is 16.9 Å². The summed E-state index contributed by atoms with van der Waals surface area (Å²) in [6, 6.07) is 16.3. The quantitative estimate of drug-likeness (QED) is 0.428. The fourth-order valence-electron chi connectivity index (χ4n) is 3.54. The average Bonchev–Trinajstić information content (AvgIpc) is 3.34. The van der Waals surface area contributed by atoms with Crippen molar-refractivity contribution in [3.05, 3.63) is 76.9 Å². The largest absolute Gasteiger partial charge is 0.497 e. The Hall–Kier alpha value is -3.12. The standard InChI is InChI=1S/C25H27N3O2S/c1-25(2,3)22-16-31-24(26-22)27-23(29)12-18-15-28(14-17-8-6-5-7-9-17)21-11-10-19(30-4)13-20(18)21/h5-11,13,15-16H,12,14H2,1-4H3,(H,26,27,29). The van der Waals surface area contributed by atoms with Gasteiger partial charge in [-0.1, -0.05) is 51.1 Å². The maximum Gasteiger partial charge on any atom is 0.230 e. The molecule has 0 atom stereocenters. The number of fused-ring (bicyclic) bond motifs is 1. The number of amides is 1. The van der Waals surface area contributed by atoms with E-state index in [2.05, 4.69) is 60.0 Å². The molecule has 2 heterocycles. The summed E-state index contributed by atoms with van der Waals surface area (Å²) in [6.45, 7) is 7.08. The Bertz CT molecular complexity index is 1200. The number of anilines is 1. The van der Waals surface area contributed by atoms with Gasteiger partial charge in [0.05, 0.1) is 19.2 Å². The molecule has 0 unspecified atom stereocenters. The monoisotopic (exact) mass is 433 g/mol. The van der Waals surface area contributed by atoms with Crippen LogP contribution in [0.15, 0.2) is 60.1 Å². The molecule has 0 aliphatic carbocycles. The highest BCUT2D eigenvalue weighted by Crippen LogP contribution is 2.29. The Balaban J connectivity index is 1.60. The van der Waals surface area contributed by atoms with E-state index < -0.39 is 0 Å². The number of carbonyl (C=O) groups excluding carboxylic acids is 1. The van der Waals surface area contributed by atoms with Crippen LogP contribution in [0, 0.1) is 0 Å². The molecule has 2 aromatic heterocycles. The van der Waals surface area contributed by atoms with Crippen molar-refractivity contribution in [2.45, 2.75) is 39.2 Å². The van der Waals surface area contributed by atoms with Crippen molar-refractivity contribution in [1.29, 1.82) is 0 Å². The van der Waals surface area contributed by atoms with Gasteiger partial charge in [0, 0.05) is 34.4 Å². The van der Waals surface area contributed by atoms with E-state index in [0.29, 0.717) is 5.13 Å². The number of ether oxygens (including phenoxy) is 1. The fraction of sp³-hybridized carbons (Fsp3) is 0.280. The van der Waals surface area contributed by atoms with Crippen LogP contribution >= 0.6 is 11.3 Å². The molecule has 0 saturated carbocycles. The van der Waals surface area contributed by atoms with Gasteiger partial charge in [0.15, 0.2) is 5.13 Å². The number of benzene rings is 2. The maximum absolute atomic E-state index is 12.8. The SMILES string of the molecule is COc1ccc2c(c1)c(CC(=O)Nc1nc(C(C)(C)C)cs1)cn2Cc1ccccc1. The summed E-state index contributed by atoms with van der Waals surface area (Å²) < 4.78 is 7.61. The molecule has 0 bridgehead atoms. The number of rotatable bonds is 6. The lowest BCUT2D eigenvalue weighted by Crippen LogP contribution is -2.15. The second-order valence-corrected chi connectivity index (χ2v) is 9.52. The molecule has 0 aliphatic heterocycles. The number of aromatic nitrogens is 2. The lowest BCUT2D eigenvalue weighted by atomic mass is 9.93. The third-order valence-corrected chi connectivity index (χ3v) is 5.99. The number of hydrogen-bond donors (Lipinski definition) is 1. The minimum Gasteiger partial charge on any atom is -0.497 e. The number of carbonyl (C=O) groups is 1. The summed E-state index contributed by atoms with van der Waals surface area (Å²) in [5, 5.41) is 6.64. The Morgan fingerprint density at radius 3 is 2.61 bits per heavy atom. The summed E-state index contributed by atoms with van der Waals surface area (Å²) in [4.78, 5) is 17.4. The summed E-state index contributed by atoms with van der Waals surface area (Å²) >= 11 is 1.46. The van der Waals surface area contributed by atoms with Crippen LogP contribution in [0.5, 0.6) is 5.75 Å². The van der Waals surface area contributed by atoms with Crippen LogP contribution in [0.1, 0.15) is 37.6 Å². The van der Waals surface area contributed by atoms with E-state index in [4.69, 9.17) is 4.74 Å². The van der Waals surface area contributed by atoms with E-state index in [1.54, 1.807) is 7.11 Å². The first-order valence-corrected chi connectivity index (χ1v) is 11.2. The highest BCUT2D eigenvalue weighted by molar-refractivity contribution is 7.13. The van der Waals surface area contributed by atoms with Gasteiger partial charge in [-0.3, -0.25) is 4.79 Å². The lowest BCUT2D eigenvalue weighted by molar-refractivity contribution is -0.115. The zero-order valence-electron chi connectivity index (χ0n) is 18.3. The van der Waals surface area contributed by atoms with Gasteiger partial charge in [0.2, 0.25) is 5.91 Å². The molecule has 1 N–H and O–H groups in total.